The average Bonchev–Trinajstić information content (AvgIpc) is 2.59. The Kier molecular flexibility index (Phi) is 8.09. The molecule has 0 nitrogen and oxygen atoms in total. The van der Waals surface area contributed by atoms with Gasteiger partial charge in [-0.25, -0.2) is 17.6 Å². The molecule has 0 aliphatic carbocycles. The van der Waals surface area contributed by atoms with Crippen molar-refractivity contribution in [2.75, 3.05) is 0 Å². The van der Waals surface area contributed by atoms with Crippen LogP contribution in [-0.2, 0) is 0 Å². The summed E-state index contributed by atoms with van der Waals surface area (Å²) in [5.41, 5.74) is 2.02. The molecule has 0 spiro atoms. The third-order valence-corrected chi connectivity index (χ3v) is 5.80. The molecule has 0 bridgehead atoms. The molecule has 27 heavy (non-hydrogen) atoms. The summed E-state index contributed by atoms with van der Waals surface area (Å²) in [4.78, 5) is 1.56. The van der Waals surface area contributed by atoms with Crippen LogP contribution in [0.15, 0.2) is 54.8 Å². The lowest BCUT2D eigenvalue weighted by Crippen LogP contribution is -1.93. The van der Waals surface area contributed by atoms with Gasteiger partial charge in [0, 0.05) is 19.0 Å². The van der Waals surface area contributed by atoms with Crippen LogP contribution in [0.1, 0.15) is 18.1 Å². The highest BCUT2D eigenvalue weighted by Crippen LogP contribution is 2.35. The number of benzene rings is 2. The monoisotopic (exact) mass is 630 g/mol. The van der Waals surface area contributed by atoms with E-state index in [1.807, 2.05) is 0 Å². The summed E-state index contributed by atoms with van der Waals surface area (Å²) in [6, 6.07) is 4.24. The van der Waals surface area contributed by atoms with E-state index in [-0.39, 0.29) is 0 Å². The Balaban J connectivity index is 2.63. The van der Waals surface area contributed by atoms with Crippen LogP contribution in [0, 0.1) is 23.3 Å². The Labute approximate surface area is 187 Å². The molecule has 142 valence electrons. The largest absolute Gasteiger partial charge is 0.204 e. The zero-order chi connectivity index (χ0) is 20.3. The number of hydrogen-bond acceptors (Lipinski definition) is 0. The number of rotatable bonds is 4. The second-order valence-electron chi connectivity index (χ2n) is 5.37. The minimum atomic E-state index is -0.988. The van der Waals surface area contributed by atoms with Gasteiger partial charge in [0.05, 0.1) is 0 Å². The molecule has 0 saturated carbocycles. The van der Waals surface area contributed by atoms with Crippen molar-refractivity contribution >= 4 is 74.9 Å². The Morgan fingerprint density at radius 2 is 1.26 bits per heavy atom. The molecule has 0 saturated heterocycles. The lowest BCUT2D eigenvalue weighted by atomic mass is 10.0. The molecule has 0 fully saturated rings. The molecule has 0 unspecified atom stereocenters. The van der Waals surface area contributed by atoms with Crippen LogP contribution in [-0.4, -0.2) is 0 Å². The summed E-state index contributed by atoms with van der Waals surface area (Å²) < 4.78 is 55.3. The summed E-state index contributed by atoms with van der Waals surface area (Å²) in [6.45, 7) is 1.72. The van der Waals surface area contributed by atoms with Crippen LogP contribution < -0.4 is 0 Å². The van der Waals surface area contributed by atoms with E-state index in [9.17, 15) is 17.6 Å². The van der Waals surface area contributed by atoms with E-state index < -0.39 is 23.3 Å². The molecule has 0 amide bonds. The van der Waals surface area contributed by atoms with Crippen LogP contribution in [0.25, 0.3) is 11.1 Å². The molecule has 0 aliphatic rings. The van der Waals surface area contributed by atoms with Crippen molar-refractivity contribution in [3.8, 4) is 0 Å². The Morgan fingerprint density at radius 3 is 1.78 bits per heavy atom. The van der Waals surface area contributed by atoms with Gasteiger partial charge in [-0.3, -0.25) is 0 Å². The van der Waals surface area contributed by atoms with Crippen molar-refractivity contribution in [2.45, 2.75) is 6.92 Å². The highest BCUT2D eigenvalue weighted by molar-refractivity contribution is 9.12. The minimum absolute atomic E-state index is 0.360. The highest BCUT2D eigenvalue weighted by Gasteiger charge is 2.14. The lowest BCUT2D eigenvalue weighted by Gasteiger charge is -2.11. The van der Waals surface area contributed by atoms with Gasteiger partial charge in [0.1, 0.15) is 0 Å². The van der Waals surface area contributed by atoms with Crippen molar-refractivity contribution in [1.29, 1.82) is 0 Å². The molecule has 0 heterocycles. The van der Waals surface area contributed by atoms with Crippen molar-refractivity contribution < 1.29 is 17.6 Å². The molecule has 0 radical (unpaired) electrons. The van der Waals surface area contributed by atoms with Crippen LogP contribution in [0.5, 0.6) is 0 Å². The SMILES string of the molecule is C\C(=C/C(Br)=C(\C=C\Br)c1cc(F)c(F)cc1Br)c1cc(F)c(F)cc1Br. The minimum Gasteiger partial charge on any atom is -0.204 e. The number of allylic oxidation sites excluding steroid dienone is 5. The van der Waals surface area contributed by atoms with Gasteiger partial charge in [-0.05, 0) is 65.0 Å². The fraction of sp³-hybridized carbons (Fsp3) is 0.0526. The third kappa shape index (κ3) is 5.43. The van der Waals surface area contributed by atoms with Gasteiger partial charge in [0.25, 0.3) is 0 Å². The molecule has 0 aliphatic heterocycles. The zero-order valence-corrected chi connectivity index (χ0v) is 19.9. The maximum absolute atomic E-state index is 13.7. The molecule has 8 heteroatoms. The van der Waals surface area contributed by atoms with Crippen LogP contribution in [0.2, 0.25) is 0 Å². The predicted molar refractivity (Wildman–Crippen MR) is 116 cm³/mol. The van der Waals surface area contributed by atoms with Gasteiger partial charge in [0.15, 0.2) is 23.3 Å². The van der Waals surface area contributed by atoms with Gasteiger partial charge in [-0.2, -0.15) is 0 Å². The summed E-state index contributed by atoms with van der Waals surface area (Å²) in [6.07, 6.45) is 3.32. The summed E-state index contributed by atoms with van der Waals surface area (Å²) in [5.74, 6) is -3.88. The van der Waals surface area contributed by atoms with Crippen molar-refractivity contribution in [3.63, 3.8) is 0 Å². The summed E-state index contributed by atoms with van der Waals surface area (Å²) >= 11 is 13.0. The normalized spacial score (nSPS) is 13.3. The van der Waals surface area contributed by atoms with Crippen molar-refractivity contribution in [1.82, 2.24) is 0 Å². The second kappa shape index (κ2) is 9.67. The molecular formula is C19H10Br4F4. The van der Waals surface area contributed by atoms with Crippen molar-refractivity contribution in [2.24, 2.45) is 0 Å². The lowest BCUT2D eigenvalue weighted by molar-refractivity contribution is 0.507. The van der Waals surface area contributed by atoms with E-state index in [2.05, 4.69) is 63.7 Å². The van der Waals surface area contributed by atoms with E-state index in [0.29, 0.717) is 35.7 Å². The first-order chi connectivity index (χ1) is 12.6. The highest BCUT2D eigenvalue weighted by atomic mass is 79.9. The molecule has 2 rings (SSSR count). The molecule has 2 aromatic rings. The topological polar surface area (TPSA) is 0 Å². The predicted octanol–water partition coefficient (Wildman–Crippen LogP) is 8.89. The van der Waals surface area contributed by atoms with E-state index in [1.54, 1.807) is 24.1 Å². The zero-order valence-electron chi connectivity index (χ0n) is 13.6. The Hall–Kier alpha value is -0.700. The quantitative estimate of drug-likeness (QED) is 0.179. The van der Waals surface area contributed by atoms with Crippen LogP contribution >= 0.6 is 63.7 Å². The van der Waals surface area contributed by atoms with Gasteiger partial charge < -0.3 is 0 Å². The van der Waals surface area contributed by atoms with Gasteiger partial charge in [0.2, 0.25) is 0 Å². The molecular weight excluding hydrogens is 624 g/mol. The molecule has 0 atom stereocenters. The fourth-order valence-corrected chi connectivity index (χ4v) is 4.37. The summed E-state index contributed by atoms with van der Waals surface area (Å²) in [7, 11) is 0. The van der Waals surface area contributed by atoms with Gasteiger partial charge >= 0.3 is 0 Å². The van der Waals surface area contributed by atoms with E-state index in [1.165, 1.54) is 0 Å². The van der Waals surface area contributed by atoms with E-state index in [4.69, 9.17) is 0 Å². The van der Waals surface area contributed by atoms with Gasteiger partial charge in [-0.1, -0.05) is 63.7 Å². The summed E-state index contributed by atoms with van der Waals surface area (Å²) in [5, 5.41) is 0. The number of halogens is 8. The van der Waals surface area contributed by atoms with Gasteiger partial charge in [-0.15, -0.1) is 0 Å². The third-order valence-electron chi connectivity index (χ3n) is 3.57. The Bertz CT molecular complexity index is 978. The first-order valence-electron chi connectivity index (χ1n) is 7.30. The maximum Gasteiger partial charge on any atom is 0.159 e. The van der Waals surface area contributed by atoms with Crippen LogP contribution in [0.3, 0.4) is 0 Å². The Morgan fingerprint density at radius 1 is 0.815 bits per heavy atom. The second-order valence-corrected chi connectivity index (χ2v) is 8.47. The van der Waals surface area contributed by atoms with Crippen LogP contribution in [0.4, 0.5) is 17.6 Å². The number of hydrogen-bond donors (Lipinski definition) is 0. The first-order valence-corrected chi connectivity index (χ1v) is 10.6. The first kappa shape index (κ1) is 22.6. The van der Waals surface area contributed by atoms with E-state index >= 15 is 0 Å². The smallest absolute Gasteiger partial charge is 0.159 e. The van der Waals surface area contributed by atoms with E-state index in [0.717, 1.165) is 24.3 Å². The van der Waals surface area contributed by atoms with Crippen molar-refractivity contribution in [3.05, 3.63) is 89.2 Å². The fourth-order valence-electron chi connectivity index (χ4n) is 2.26. The molecule has 0 aromatic heterocycles. The maximum atomic E-state index is 13.7. The molecule has 0 N–H and O–H groups in total. The average molecular weight is 634 g/mol. The standard InChI is InChI=1S/C19H10Br4F4/c1-9(11-5-16(24)18(26)7-14(11)22)4-13(21)10(2-3-20)12-6-17(25)19(27)8-15(12)23/h2-8H,1H3/b3-2+,9-4+,13-10-. The molecule has 2 aromatic carbocycles.